The Morgan fingerprint density at radius 2 is 2.19 bits per heavy atom. The van der Waals surface area contributed by atoms with Gasteiger partial charge in [0.1, 0.15) is 23.0 Å². The molecule has 0 saturated carbocycles. The Labute approximate surface area is 125 Å². The summed E-state index contributed by atoms with van der Waals surface area (Å²) in [4.78, 5) is 8.07. The van der Waals surface area contributed by atoms with Crippen LogP contribution in [-0.2, 0) is 4.74 Å². The van der Waals surface area contributed by atoms with Gasteiger partial charge in [-0.05, 0) is 6.92 Å². The Kier molecular flexibility index (Phi) is 3.40. The number of ether oxygens (including phenoxy) is 1. The average Bonchev–Trinajstić information content (AvgIpc) is 2.70. The molecule has 3 rings (SSSR count). The summed E-state index contributed by atoms with van der Waals surface area (Å²) in [7, 11) is 0. The van der Waals surface area contributed by atoms with E-state index in [0.29, 0.717) is 11.4 Å². The normalized spacial score (nSPS) is 34.9. The zero-order valence-electron chi connectivity index (χ0n) is 11.3. The molecule has 8 nitrogen and oxygen atoms in total. The number of quaternary nitrogens is 1. The van der Waals surface area contributed by atoms with E-state index in [1.54, 1.807) is 13.1 Å². The zero-order valence-corrected chi connectivity index (χ0v) is 12.0. The van der Waals surface area contributed by atoms with Crippen LogP contribution in [0.4, 0.5) is 11.8 Å². The summed E-state index contributed by atoms with van der Waals surface area (Å²) in [6, 6.07) is 0. The number of hydrogen-bond donors (Lipinski definition) is 4. The van der Waals surface area contributed by atoms with Gasteiger partial charge in [0.05, 0.1) is 6.61 Å². The van der Waals surface area contributed by atoms with Crippen LogP contribution in [0.25, 0.3) is 5.57 Å². The fourth-order valence-corrected chi connectivity index (χ4v) is 3.19. The number of aliphatic hydroxyl groups is 3. The fraction of sp³-hybridized carbons (Fsp3) is 0.500. The fourth-order valence-electron chi connectivity index (χ4n) is 2.87. The molecule has 0 amide bonds. The standard InChI is InChI=1S/C12H16ClN4O4/c1-5-2-17(4-21-6(3-18)8(19)11(17)20)10-7(5)9(13)15-12(14)16-10/h2,6,8,11,18-20H,3-4H2,1H3,(H2,14,15,16)/q+1/t6-,8-,11-,17?/m1/s1. The van der Waals surface area contributed by atoms with E-state index in [0.717, 1.165) is 5.57 Å². The van der Waals surface area contributed by atoms with Crippen molar-refractivity contribution >= 4 is 28.9 Å². The second-order valence-corrected chi connectivity index (χ2v) is 5.59. The van der Waals surface area contributed by atoms with E-state index < -0.39 is 18.4 Å². The van der Waals surface area contributed by atoms with Crippen LogP contribution in [-0.4, -0.2) is 57.1 Å². The number of nitrogen functional groups attached to an aromatic ring is 1. The first kappa shape index (κ1) is 14.6. The van der Waals surface area contributed by atoms with Crippen LogP contribution in [0.2, 0.25) is 5.15 Å². The third-order valence-corrected chi connectivity index (χ3v) is 4.19. The van der Waals surface area contributed by atoms with Crippen LogP contribution in [0.5, 0.6) is 0 Å². The molecule has 21 heavy (non-hydrogen) atoms. The van der Waals surface area contributed by atoms with Gasteiger partial charge in [0.2, 0.25) is 12.2 Å². The van der Waals surface area contributed by atoms with E-state index in [1.165, 1.54) is 0 Å². The number of halogens is 1. The maximum absolute atomic E-state index is 10.5. The van der Waals surface area contributed by atoms with E-state index in [9.17, 15) is 10.2 Å². The molecule has 1 saturated heterocycles. The van der Waals surface area contributed by atoms with Gasteiger partial charge in [-0.15, -0.1) is 0 Å². The first-order valence-electron chi connectivity index (χ1n) is 6.40. The third-order valence-electron chi connectivity index (χ3n) is 3.92. The number of nitrogens with two attached hydrogens (primary N) is 1. The number of fused-ring (bicyclic) bond motifs is 2. The highest BCUT2D eigenvalue weighted by molar-refractivity contribution is 6.31. The molecule has 0 radical (unpaired) electrons. The molecule has 0 aromatic carbocycles. The first-order valence-corrected chi connectivity index (χ1v) is 6.78. The second-order valence-electron chi connectivity index (χ2n) is 5.23. The molecular formula is C12H16ClN4O4+. The Hall–Kier alpha value is -1.29. The lowest BCUT2D eigenvalue weighted by Crippen LogP contribution is -2.66. The maximum atomic E-state index is 10.5. The van der Waals surface area contributed by atoms with Crippen LogP contribution >= 0.6 is 11.6 Å². The minimum absolute atomic E-state index is 0.000571. The smallest absolute Gasteiger partial charge is 0.250 e. The summed E-state index contributed by atoms with van der Waals surface area (Å²) >= 11 is 6.11. The SMILES string of the molecule is CC1=C[N+]2(CO[C@H](CO)[C@@H](O)[C@H]2O)c2nc(N)nc(Cl)c21. The van der Waals surface area contributed by atoms with Gasteiger partial charge in [-0.1, -0.05) is 11.6 Å². The van der Waals surface area contributed by atoms with Gasteiger partial charge in [-0.3, -0.25) is 0 Å². The Morgan fingerprint density at radius 3 is 2.86 bits per heavy atom. The highest BCUT2D eigenvalue weighted by Crippen LogP contribution is 2.45. The van der Waals surface area contributed by atoms with Gasteiger partial charge >= 0.3 is 0 Å². The van der Waals surface area contributed by atoms with E-state index in [-0.39, 0.29) is 28.9 Å². The van der Waals surface area contributed by atoms with Crippen molar-refractivity contribution in [2.45, 2.75) is 25.4 Å². The molecule has 5 N–H and O–H groups in total. The van der Waals surface area contributed by atoms with E-state index in [4.69, 9.17) is 27.2 Å². The topological polar surface area (TPSA) is 122 Å². The number of aromatic nitrogens is 2. The average molecular weight is 316 g/mol. The van der Waals surface area contributed by atoms with Gasteiger partial charge in [0, 0.05) is 5.57 Å². The molecule has 1 aromatic heterocycles. The number of nitrogens with zero attached hydrogens (tertiary/aromatic N) is 3. The number of rotatable bonds is 1. The summed E-state index contributed by atoms with van der Waals surface area (Å²) in [6.07, 6.45) is -1.67. The Morgan fingerprint density at radius 1 is 1.48 bits per heavy atom. The lowest BCUT2D eigenvalue weighted by Gasteiger charge is -2.43. The highest BCUT2D eigenvalue weighted by Gasteiger charge is 2.54. The molecule has 0 aliphatic carbocycles. The highest BCUT2D eigenvalue weighted by atomic mass is 35.5. The predicted molar refractivity (Wildman–Crippen MR) is 75.7 cm³/mol. The van der Waals surface area contributed by atoms with Crippen molar-refractivity contribution in [3.8, 4) is 0 Å². The summed E-state index contributed by atoms with van der Waals surface area (Å²) in [5.74, 6) is 0.360. The second kappa shape index (κ2) is 4.87. The molecule has 2 aliphatic heterocycles. The van der Waals surface area contributed by atoms with Crippen molar-refractivity contribution in [1.29, 1.82) is 0 Å². The summed E-state index contributed by atoms with van der Waals surface area (Å²) in [5, 5.41) is 30.0. The van der Waals surface area contributed by atoms with Crippen molar-refractivity contribution in [3.63, 3.8) is 0 Å². The molecular weight excluding hydrogens is 300 g/mol. The number of hydrogen-bond acceptors (Lipinski definition) is 7. The Bertz CT molecular complexity index is 626. The van der Waals surface area contributed by atoms with Gasteiger partial charge in [0.25, 0.3) is 5.82 Å². The van der Waals surface area contributed by atoms with Crippen molar-refractivity contribution < 1.29 is 20.1 Å². The van der Waals surface area contributed by atoms with Crippen LogP contribution < -0.4 is 10.2 Å². The third kappa shape index (κ3) is 1.95. The Balaban J connectivity index is 2.14. The predicted octanol–water partition coefficient (Wildman–Crippen LogP) is -0.578. The van der Waals surface area contributed by atoms with Crippen LogP contribution in [0, 0.1) is 0 Å². The van der Waals surface area contributed by atoms with Gasteiger partial charge < -0.3 is 25.8 Å². The van der Waals surface area contributed by atoms with Crippen molar-refractivity contribution in [2.24, 2.45) is 0 Å². The van der Waals surface area contributed by atoms with Gasteiger partial charge in [-0.2, -0.15) is 9.47 Å². The maximum Gasteiger partial charge on any atom is 0.250 e. The van der Waals surface area contributed by atoms with Gasteiger partial charge in [0.15, 0.2) is 12.8 Å². The number of allylic oxidation sites excluding steroid dienone is 1. The molecule has 4 atom stereocenters. The van der Waals surface area contributed by atoms with Crippen LogP contribution in [0.1, 0.15) is 12.5 Å². The molecule has 0 bridgehead atoms. The van der Waals surface area contributed by atoms with Crippen molar-refractivity contribution in [2.75, 3.05) is 19.1 Å². The zero-order chi connectivity index (χ0) is 15.4. The molecule has 1 fully saturated rings. The molecule has 1 spiro atoms. The molecule has 1 unspecified atom stereocenters. The molecule has 2 aliphatic rings. The van der Waals surface area contributed by atoms with Crippen LogP contribution in [0.3, 0.4) is 0 Å². The first-order chi connectivity index (χ1) is 9.90. The molecule has 114 valence electrons. The minimum Gasteiger partial charge on any atom is -0.394 e. The quantitative estimate of drug-likeness (QED) is 0.404. The van der Waals surface area contributed by atoms with Gasteiger partial charge in [-0.25, -0.2) is 4.98 Å². The molecule has 9 heteroatoms. The summed E-state index contributed by atoms with van der Waals surface area (Å²) < 4.78 is 5.21. The summed E-state index contributed by atoms with van der Waals surface area (Å²) in [5.41, 5.74) is 6.97. The van der Waals surface area contributed by atoms with E-state index in [2.05, 4.69) is 9.97 Å². The number of anilines is 1. The van der Waals surface area contributed by atoms with E-state index >= 15 is 0 Å². The number of aliphatic hydroxyl groups excluding tert-OH is 3. The largest absolute Gasteiger partial charge is 0.394 e. The van der Waals surface area contributed by atoms with Crippen molar-refractivity contribution in [3.05, 3.63) is 16.9 Å². The van der Waals surface area contributed by atoms with Crippen LogP contribution in [0.15, 0.2) is 6.20 Å². The lowest BCUT2D eigenvalue weighted by molar-refractivity contribution is -0.210. The van der Waals surface area contributed by atoms with Crippen molar-refractivity contribution in [1.82, 2.24) is 14.5 Å². The summed E-state index contributed by atoms with van der Waals surface area (Å²) in [6.45, 7) is 1.41. The molecule has 1 aromatic rings. The lowest BCUT2D eigenvalue weighted by atomic mass is 10.1. The monoisotopic (exact) mass is 315 g/mol. The minimum atomic E-state index is -1.27. The molecule has 3 heterocycles. The van der Waals surface area contributed by atoms with E-state index in [1.807, 2.05) is 0 Å².